The highest BCUT2D eigenvalue weighted by Crippen LogP contribution is 2.34. The van der Waals surface area contributed by atoms with Gasteiger partial charge in [0.1, 0.15) is 0 Å². The number of fused-ring (bicyclic) bond motifs is 1. The van der Waals surface area contributed by atoms with Gasteiger partial charge in [-0.1, -0.05) is 24.3 Å². The van der Waals surface area contributed by atoms with Gasteiger partial charge in [0.05, 0.1) is 6.54 Å². The second-order valence-corrected chi connectivity index (χ2v) is 6.35. The molecule has 24 heavy (non-hydrogen) atoms. The molecule has 4 heteroatoms. The predicted molar refractivity (Wildman–Crippen MR) is 95.2 cm³/mol. The highest BCUT2D eigenvalue weighted by molar-refractivity contribution is 5.96. The second-order valence-electron chi connectivity index (χ2n) is 6.35. The Labute approximate surface area is 142 Å². The van der Waals surface area contributed by atoms with Crippen LogP contribution in [0.4, 0.5) is 5.69 Å². The first-order valence-corrected chi connectivity index (χ1v) is 8.23. The number of anilines is 1. The molecule has 1 aliphatic carbocycles. The molecule has 1 N–H and O–H groups in total. The maximum Gasteiger partial charge on any atom is 0.238 e. The van der Waals surface area contributed by atoms with Gasteiger partial charge in [0.15, 0.2) is 5.78 Å². The Morgan fingerprint density at radius 1 is 1.12 bits per heavy atom. The Kier molecular flexibility index (Phi) is 4.76. The molecule has 1 aliphatic rings. The van der Waals surface area contributed by atoms with Crippen LogP contribution in [0.3, 0.4) is 0 Å². The summed E-state index contributed by atoms with van der Waals surface area (Å²) in [5.74, 6) is -0.0232. The molecule has 0 radical (unpaired) electrons. The summed E-state index contributed by atoms with van der Waals surface area (Å²) in [4.78, 5) is 25.7. The minimum absolute atomic E-state index is 0.0208. The van der Waals surface area contributed by atoms with E-state index < -0.39 is 0 Å². The Morgan fingerprint density at radius 2 is 1.83 bits per heavy atom. The molecule has 0 aliphatic heterocycles. The minimum atomic E-state index is -0.0440. The van der Waals surface area contributed by atoms with Gasteiger partial charge in [0.2, 0.25) is 5.91 Å². The third-order valence-corrected chi connectivity index (χ3v) is 4.60. The average molecular weight is 322 g/mol. The predicted octanol–water partition coefficient (Wildman–Crippen LogP) is 3.45. The van der Waals surface area contributed by atoms with Gasteiger partial charge in [-0.15, -0.1) is 0 Å². The first-order chi connectivity index (χ1) is 11.5. The van der Waals surface area contributed by atoms with Gasteiger partial charge in [-0.3, -0.25) is 14.5 Å². The third kappa shape index (κ3) is 3.54. The number of aryl methyl sites for hydroxylation is 1. The van der Waals surface area contributed by atoms with Crippen LogP contribution in [-0.4, -0.2) is 30.2 Å². The van der Waals surface area contributed by atoms with Crippen molar-refractivity contribution in [2.75, 3.05) is 18.9 Å². The van der Waals surface area contributed by atoms with Crippen LogP contribution < -0.4 is 5.32 Å². The number of carbonyl (C=O) groups is 2. The quantitative estimate of drug-likeness (QED) is 0.858. The highest BCUT2D eigenvalue weighted by Gasteiger charge is 2.26. The molecule has 0 aromatic heterocycles. The number of rotatable bonds is 5. The first-order valence-electron chi connectivity index (χ1n) is 8.23. The number of nitrogens with zero attached hydrogens (tertiary/aromatic N) is 1. The molecule has 0 bridgehead atoms. The molecule has 1 atom stereocenters. The Hall–Kier alpha value is -2.46. The van der Waals surface area contributed by atoms with Crippen LogP contribution in [0.1, 0.15) is 40.9 Å². The van der Waals surface area contributed by atoms with E-state index >= 15 is 0 Å². The van der Waals surface area contributed by atoms with Crippen molar-refractivity contribution in [3.63, 3.8) is 0 Å². The zero-order valence-electron chi connectivity index (χ0n) is 14.1. The van der Waals surface area contributed by atoms with Crippen molar-refractivity contribution in [3.8, 4) is 0 Å². The Bertz CT molecular complexity index is 752. The Balaban J connectivity index is 1.60. The van der Waals surface area contributed by atoms with E-state index in [4.69, 9.17) is 0 Å². The normalized spacial score (nSPS) is 16.0. The van der Waals surface area contributed by atoms with E-state index in [0.29, 0.717) is 23.8 Å². The zero-order valence-corrected chi connectivity index (χ0v) is 14.1. The Morgan fingerprint density at radius 3 is 2.54 bits per heavy atom. The number of benzene rings is 2. The van der Waals surface area contributed by atoms with Crippen molar-refractivity contribution >= 4 is 17.4 Å². The van der Waals surface area contributed by atoms with Crippen molar-refractivity contribution in [1.82, 2.24) is 4.90 Å². The summed E-state index contributed by atoms with van der Waals surface area (Å²) in [5.41, 5.74) is 4.08. The summed E-state index contributed by atoms with van der Waals surface area (Å²) in [5, 5.41) is 2.89. The summed E-state index contributed by atoms with van der Waals surface area (Å²) >= 11 is 0. The molecule has 2 aromatic rings. The lowest BCUT2D eigenvalue weighted by molar-refractivity contribution is -0.117. The van der Waals surface area contributed by atoms with E-state index in [9.17, 15) is 9.59 Å². The largest absolute Gasteiger partial charge is 0.325 e. The van der Waals surface area contributed by atoms with E-state index in [-0.39, 0.29) is 11.7 Å². The van der Waals surface area contributed by atoms with E-state index in [1.807, 2.05) is 7.05 Å². The summed E-state index contributed by atoms with van der Waals surface area (Å²) in [7, 11) is 1.99. The van der Waals surface area contributed by atoms with Gasteiger partial charge < -0.3 is 5.32 Å². The third-order valence-electron chi connectivity index (χ3n) is 4.60. The van der Waals surface area contributed by atoms with Crippen molar-refractivity contribution in [1.29, 1.82) is 0 Å². The number of likely N-dealkylation sites (N-methyl/N-ethyl adjacent to an activating group) is 1. The van der Waals surface area contributed by atoms with Gasteiger partial charge >= 0.3 is 0 Å². The fraction of sp³-hybridized carbons (Fsp3) is 0.300. The van der Waals surface area contributed by atoms with Gasteiger partial charge in [0.25, 0.3) is 0 Å². The first kappa shape index (κ1) is 16.4. The van der Waals surface area contributed by atoms with E-state index in [0.717, 1.165) is 12.8 Å². The molecule has 0 fully saturated rings. The smallest absolute Gasteiger partial charge is 0.238 e. The number of ketones is 1. The van der Waals surface area contributed by atoms with Crippen LogP contribution in [0.15, 0.2) is 48.5 Å². The number of Topliss-reactive ketones (excluding diaryl/α,β-unsaturated/α-hetero) is 1. The van der Waals surface area contributed by atoms with E-state index in [1.54, 1.807) is 24.3 Å². The summed E-state index contributed by atoms with van der Waals surface area (Å²) < 4.78 is 0. The molecule has 124 valence electrons. The number of nitrogens with one attached hydrogen (secondary N) is 1. The monoisotopic (exact) mass is 322 g/mol. The van der Waals surface area contributed by atoms with E-state index in [1.165, 1.54) is 18.1 Å². The fourth-order valence-electron chi connectivity index (χ4n) is 3.32. The molecule has 3 rings (SSSR count). The number of hydrogen-bond acceptors (Lipinski definition) is 3. The lowest BCUT2D eigenvalue weighted by Crippen LogP contribution is -2.32. The number of carbonyl (C=O) groups excluding carboxylic acids is 2. The summed E-state index contributed by atoms with van der Waals surface area (Å²) in [6.07, 6.45) is 2.12. The maximum absolute atomic E-state index is 12.3. The van der Waals surface area contributed by atoms with Gasteiger partial charge in [-0.2, -0.15) is 0 Å². The molecule has 0 spiro atoms. The van der Waals surface area contributed by atoms with E-state index in [2.05, 4.69) is 34.5 Å². The molecule has 4 nitrogen and oxygen atoms in total. The standard InChI is InChI=1S/C20H22N2O2/c1-14(23)15-7-10-17(11-8-15)21-20(24)13-22(2)19-12-9-16-5-3-4-6-18(16)19/h3-8,10-11,19H,9,12-13H2,1-2H3,(H,21,24)/t19-/m1/s1. The maximum atomic E-state index is 12.3. The molecular formula is C20H22N2O2. The fourth-order valence-corrected chi connectivity index (χ4v) is 3.32. The number of hydrogen-bond donors (Lipinski definition) is 1. The lowest BCUT2D eigenvalue weighted by atomic mass is 10.1. The molecule has 0 heterocycles. The van der Waals surface area contributed by atoms with Crippen LogP contribution >= 0.6 is 0 Å². The highest BCUT2D eigenvalue weighted by atomic mass is 16.2. The molecule has 1 amide bonds. The van der Waals surface area contributed by atoms with Gasteiger partial charge in [0, 0.05) is 17.3 Å². The SMILES string of the molecule is CC(=O)c1ccc(NC(=O)CN(C)[C@@H]2CCc3ccccc32)cc1. The van der Waals surface area contributed by atoms with Crippen LogP contribution in [0, 0.1) is 0 Å². The number of amides is 1. The van der Waals surface area contributed by atoms with Crippen molar-refractivity contribution in [3.05, 3.63) is 65.2 Å². The molecule has 0 unspecified atom stereocenters. The van der Waals surface area contributed by atoms with Crippen molar-refractivity contribution in [2.45, 2.75) is 25.8 Å². The van der Waals surface area contributed by atoms with Crippen molar-refractivity contribution < 1.29 is 9.59 Å². The van der Waals surface area contributed by atoms with Crippen LogP contribution in [0.5, 0.6) is 0 Å². The van der Waals surface area contributed by atoms with Gasteiger partial charge in [-0.05, 0) is 62.2 Å². The molecule has 0 saturated heterocycles. The van der Waals surface area contributed by atoms with Gasteiger partial charge in [-0.25, -0.2) is 0 Å². The van der Waals surface area contributed by atoms with Crippen LogP contribution in [0.2, 0.25) is 0 Å². The molecule has 0 saturated carbocycles. The summed E-state index contributed by atoms with van der Waals surface area (Å²) in [6.45, 7) is 1.87. The summed E-state index contributed by atoms with van der Waals surface area (Å²) in [6, 6.07) is 15.7. The van der Waals surface area contributed by atoms with Crippen LogP contribution in [-0.2, 0) is 11.2 Å². The topological polar surface area (TPSA) is 49.4 Å². The minimum Gasteiger partial charge on any atom is -0.325 e. The second kappa shape index (κ2) is 6.97. The molecule has 2 aromatic carbocycles. The van der Waals surface area contributed by atoms with Crippen molar-refractivity contribution in [2.24, 2.45) is 0 Å². The zero-order chi connectivity index (χ0) is 17.1. The molecular weight excluding hydrogens is 300 g/mol. The lowest BCUT2D eigenvalue weighted by Gasteiger charge is -2.24. The van der Waals surface area contributed by atoms with Crippen LogP contribution in [0.25, 0.3) is 0 Å². The average Bonchev–Trinajstić information content (AvgIpc) is 2.99.